The van der Waals surface area contributed by atoms with Gasteiger partial charge in [-0.05, 0) is 6.92 Å². The lowest BCUT2D eigenvalue weighted by Gasteiger charge is -2.21. The molecule has 0 fully saturated rings. The number of carbonyl (C=O) groups excluding carboxylic acids is 1. The van der Waals surface area contributed by atoms with Crippen molar-refractivity contribution in [3.8, 4) is 0 Å². The van der Waals surface area contributed by atoms with Gasteiger partial charge in [-0.15, -0.1) is 0 Å². The lowest BCUT2D eigenvalue weighted by Crippen LogP contribution is -2.35. The largest absolute Gasteiger partial charge is 0.364 e. The van der Waals surface area contributed by atoms with Crippen LogP contribution >= 0.6 is 0 Å². The van der Waals surface area contributed by atoms with Crippen LogP contribution in [0.25, 0.3) is 0 Å². The van der Waals surface area contributed by atoms with Gasteiger partial charge in [-0.1, -0.05) is 6.92 Å². The second-order valence-corrected chi connectivity index (χ2v) is 4.58. The zero-order valence-electron chi connectivity index (χ0n) is 12.6. The van der Waals surface area contributed by atoms with Gasteiger partial charge in [0.2, 0.25) is 17.5 Å². The fraction of sp³-hybridized carbons (Fsp3) is 0.583. The molecule has 9 nitrogen and oxygen atoms in total. The molecular formula is C12H20N6O3. The minimum absolute atomic E-state index is 0.134. The van der Waals surface area contributed by atoms with Crippen molar-refractivity contribution < 1.29 is 9.72 Å². The number of rotatable bonds is 7. The number of nitrogens with one attached hydrogen (secondary N) is 2. The summed E-state index contributed by atoms with van der Waals surface area (Å²) in [6.45, 7) is 4.38. The highest BCUT2D eigenvalue weighted by Gasteiger charge is 2.26. The van der Waals surface area contributed by atoms with Gasteiger partial charge in [-0.25, -0.2) is 9.97 Å². The van der Waals surface area contributed by atoms with Crippen LogP contribution in [-0.2, 0) is 4.79 Å². The first kappa shape index (κ1) is 16.6. The highest BCUT2D eigenvalue weighted by atomic mass is 16.6. The van der Waals surface area contributed by atoms with Gasteiger partial charge in [0, 0.05) is 27.2 Å². The van der Waals surface area contributed by atoms with Crippen molar-refractivity contribution >= 4 is 23.2 Å². The van der Waals surface area contributed by atoms with Crippen LogP contribution in [-0.4, -0.2) is 48.0 Å². The highest BCUT2D eigenvalue weighted by molar-refractivity contribution is 5.79. The quantitative estimate of drug-likeness (QED) is 0.560. The van der Waals surface area contributed by atoms with Crippen molar-refractivity contribution in [2.24, 2.45) is 5.92 Å². The molecule has 1 aromatic heterocycles. The summed E-state index contributed by atoms with van der Waals surface area (Å²) in [6.07, 6.45) is 1.27. The molecule has 21 heavy (non-hydrogen) atoms. The van der Waals surface area contributed by atoms with Gasteiger partial charge in [-0.3, -0.25) is 14.9 Å². The van der Waals surface area contributed by atoms with E-state index >= 15 is 0 Å². The molecule has 9 heteroatoms. The van der Waals surface area contributed by atoms with Gasteiger partial charge in [0.05, 0.1) is 10.8 Å². The van der Waals surface area contributed by atoms with E-state index in [-0.39, 0.29) is 29.1 Å². The minimum atomic E-state index is -0.519. The smallest absolute Gasteiger partial charge is 0.353 e. The number of nitrogens with zero attached hydrogens (tertiary/aromatic N) is 4. The third-order valence-corrected chi connectivity index (χ3v) is 2.93. The molecule has 0 saturated carbocycles. The molecule has 0 bridgehead atoms. The third kappa shape index (κ3) is 4.01. The van der Waals surface area contributed by atoms with E-state index in [0.29, 0.717) is 13.1 Å². The van der Waals surface area contributed by atoms with Gasteiger partial charge >= 0.3 is 5.69 Å². The van der Waals surface area contributed by atoms with Gasteiger partial charge in [0.1, 0.15) is 6.33 Å². The highest BCUT2D eigenvalue weighted by Crippen LogP contribution is 2.31. The number of hydrogen-bond acceptors (Lipinski definition) is 7. The fourth-order valence-electron chi connectivity index (χ4n) is 1.94. The summed E-state index contributed by atoms with van der Waals surface area (Å²) in [7, 11) is 3.21. The summed E-state index contributed by atoms with van der Waals surface area (Å²) in [6, 6.07) is 0. The van der Waals surface area contributed by atoms with Crippen LogP contribution in [0.3, 0.4) is 0 Å². The second-order valence-electron chi connectivity index (χ2n) is 4.58. The maximum absolute atomic E-state index is 11.6. The van der Waals surface area contributed by atoms with E-state index in [1.807, 2.05) is 6.92 Å². The Labute approximate surface area is 122 Å². The average Bonchev–Trinajstić information content (AvgIpc) is 2.45. The van der Waals surface area contributed by atoms with Crippen molar-refractivity contribution in [1.82, 2.24) is 15.3 Å². The fourth-order valence-corrected chi connectivity index (χ4v) is 1.94. The molecular weight excluding hydrogens is 276 g/mol. The van der Waals surface area contributed by atoms with Crippen LogP contribution in [0.1, 0.15) is 13.8 Å². The van der Waals surface area contributed by atoms with Crippen LogP contribution in [0.2, 0.25) is 0 Å². The molecule has 0 saturated heterocycles. The molecule has 1 rings (SSSR count). The Hall–Kier alpha value is -2.45. The summed E-state index contributed by atoms with van der Waals surface area (Å²) < 4.78 is 0. The van der Waals surface area contributed by atoms with Crippen molar-refractivity contribution in [3.05, 3.63) is 16.4 Å². The van der Waals surface area contributed by atoms with Crippen LogP contribution in [0.15, 0.2) is 6.33 Å². The van der Waals surface area contributed by atoms with E-state index in [2.05, 4.69) is 20.6 Å². The Bertz CT molecular complexity index is 522. The van der Waals surface area contributed by atoms with Gasteiger partial charge in [0.25, 0.3) is 0 Å². The molecule has 0 aliphatic heterocycles. The number of hydrogen-bond donors (Lipinski definition) is 2. The first-order valence-corrected chi connectivity index (χ1v) is 6.58. The Morgan fingerprint density at radius 3 is 2.71 bits per heavy atom. The van der Waals surface area contributed by atoms with Crippen LogP contribution in [0, 0.1) is 16.0 Å². The lowest BCUT2D eigenvalue weighted by molar-refractivity contribution is -0.383. The SMILES string of the molecule is CCNc1ncnc(N(C)CC(C)C(=O)NC)c1[N+](=O)[O-]. The van der Waals surface area contributed by atoms with E-state index in [1.54, 1.807) is 25.9 Å². The van der Waals surface area contributed by atoms with Crippen molar-refractivity contribution in [2.75, 3.05) is 37.4 Å². The Morgan fingerprint density at radius 2 is 2.19 bits per heavy atom. The topological polar surface area (TPSA) is 113 Å². The Balaban J connectivity index is 3.08. The van der Waals surface area contributed by atoms with E-state index in [9.17, 15) is 14.9 Å². The van der Waals surface area contributed by atoms with E-state index in [4.69, 9.17) is 0 Å². The van der Waals surface area contributed by atoms with Crippen LogP contribution < -0.4 is 15.5 Å². The van der Waals surface area contributed by atoms with Crippen LogP contribution in [0.5, 0.6) is 0 Å². The molecule has 116 valence electrons. The van der Waals surface area contributed by atoms with E-state index in [1.165, 1.54) is 6.33 Å². The lowest BCUT2D eigenvalue weighted by atomic mass is 10.1. The summed E-state index contributed by atoms with van der Waals surface area (Å²) in [5.74, 6) is -0.101. The van der Waals surface area contributed by atoms with Crippen molar-refractivity contribution in [3.63, 3.8) is 0 Å². The zero-order chi connectivity index (χ0) is 16.0. The summed E-state index contributed by atoms with van der Waals surface area (Å²) in [5.41, 5.74) is -0.189. The maximum atomic E-state index is 11.6. The molecule has 1 unspecified atom stereocenters. The Morgan fingerprint density at radius 1 is 1.52 bits per heavy atom. The number of amides is 1. The first-order valence-electron chi connectivity index (χ1n) is 6.58. The average molecular weight is 296 g/mol. The monoisotopic (exact) mass is 296 g/mol. The van der Waals surface area contributed by atoms with Gasteiger partial charge in [0.15, 0.2) is 0 Å². The minimum Gasteiger partial charge on any atom is -0.364 e. The first-order chi connectivity index (χ1) is 9.92. The number of carbonyl (C=O) groups is 1. The van der Waals surface area contributed by atoms with Gasteiger partial charge < -0.3 is 15.5 Å². The molecule has 0 aliphatic rings. The normalized spacial score (nSPS) is 11.6. The summed E-state index contributed by atoms with van der Waals surface area (Å²) >= 11 is 0. The molecule has 1 atom stereocenters. The molecule has 0 aliphatic carbocycles. The van der Waals surface area contributed by atoms with Crippen LogP contribution in [0.4, 0.5) is 17.3 Å². The number of aromatic nitrogens is 2. The maximum Gasteiger partial charge on any atom is 0.353 e. The number of anilines is 2. The Kier molecular flexibility index (Phi) is 5.82. The van der Waals surface area contributed by atoms with Crippen molar-refractivity contribution in [1.29, 1.82) is 0 Å². The summed E-state index contributed by atoms with van der Waals surface area (Å²) in [4.78, 5) is 31.8. The predicted octanol–water partition coefficient (Wildman–Crippen LogP) is 0.635. The molecule has 0 radical (unpaired) electrons. The molecule has 1 aromatic rings. The van der Waals surface area contributed by atoms with E-state index < -0.39 is 4.92 Å². The standard InChI is InChI=1S/C12H20N6O3/c1-5-14-10-9(18(20)21)11(16-7-15-10)17(4)6-8(2)12(19)13-3/h7-8H,5-6H2,1-4H3,(H,13,19)(H,14,15,16). The molecule has 1 amide bonds. The molecule has 0 aromatic carbocycles. The number of nitro groups is 1. The van der Waals surface area contributed by atoms with Crippen molar-refractivity contribution in [2.45, 2.75) is 13.8 Å². The summed E-state index contributed by atoms with van der Waals surface area (Å²) in [5, 5.41) is 16.7. The van der Waals surface area contributed by atoms with E-state index in [0.717, 1.165) is 0 Å². The predicted molar refractivity (Wildman–Crippen MR) is 79.4 cm³/mol. The molecule has 1 heterocycles. The zero-order valence-corrected chi connectivity index (χ0v) is 12.6. The van der Waals surface area contributed by atoms with Gasteiger partial charge in [-0.2, -0.15) is 0 Å². The third-order valence-electron chi connectivity index (χ3n) is 2.93. The molecule has 2 N–H and O–H groups in total. The second kappa shape index (κ2) is 7.36. The molecule has 0 spiro atoms.